The monoisotopic (exact) mass is 234 g/mol. The van der Waals surface area contributed by atoms with Crippen LogP contribution in [0.25, 0.3) is 0 Å². The molecule has 17 heavy (non-hydrogen) atoms. The molecule has 1 aromatic rings. The van der Waals surface area contributed by atoms with Crippen molar-refractivity contribution in [3.63, 3.8) is 0 Å². The van der Waals surface area contributed by atoms with E-state index in [1.165, 1.54) is 0 Å². The number of aryl methyl sites for hydroxylation is 1. The van der Waals surface area contributed by atoms with E-state index in [0.29, 0.717) is 18.8 Å². The Morgan fingerprint density at radius 3 is 2.76 bits per heavy atom. The molecule has 0 aliphatic carbocycles. The Bertz CT molecular complexity index is 363. The summed E-state index contributed by atoms with van der Waals surface area (Å²) in [5.41, 5.74) is 7.63. The molecule has 0 saturated heterocycles. The molecule has 0 aliphatic rings. The molecule has 0 fully saturated rings. The molecular formula is C14H22N2O. The fraction of sp³-hybridized carbons (Fsp3) is 0.500. The van der Waals surface area contributed by atoms with Crippen molar-refractivity contribution in [1.29, 1.82) is 0 Å². The fourth-order valence-electron chi connectivity index (χ4n) is 1.53. The molecule has 0 saturated carbocycles. The van der Waals surface area contributed by atoms with Crippen LogP contribution in [0.5, 0.6) is 0 Å². The van der Waals surface area contributed by atoms with E-state index in [0.717, 1.165) is 24.2 Å². The quantitative estimate of drug-likeness (QED) is 0.742. The number of nitrogens with two attached hydrogens (primary N) is 1. The first-order valence-electron chi connectivity index (χ1n) is 6.23. The van der Waals surface area contributed by atoms with E-state index >= 15 is 0 Å². The van der Waals surface area contributed by atoms with E-state index in [9.17, 15) is 4.79 Å². The van der Waals surface area contributed by atoms with Crippen LogP contribution in [0.2, 0.25) is 0 Å². The van der Waals surface area contributed by atoms with Gasteiger partial charge in [0.25, 0.3) is 0 Å². The summed E-state index contributed by atoms with van der Waals surface area (Å²) in [5, 5.41) is 2.94. The number of hydrogen-bond acceptors (Lipinski definition) is 2. The third-order valence-electron chi connectivity index (χ3n) is 3.02. The van der Waals surface area contributed by atoms with Crippen LogP contribution in [0.4, 0.5) is 5.69 Å². The summed E-state index contributed by atoms with van der Waals surface area (Å²) in [6.07, 6.45) is 2.30. The SMILES string of the molecule is CCC(C)CNC(=O)CCc1ccccc1N. The van der Waals surface area contributed by atoms with Crippen molar-refractivity contribution in [3.8, 4) is 0 Å². The first kappa shape index (κ1) is 13.6. The summed E-state index contributed by atoms with van der Waals surface area (Å²) < 4.78 is 0. The van der Waals surface area contributed by atoms with Gasteiger partial charge in [-0.25, -0.2) is 0 Å². The van der Waals surface area contributed by atoms with Crippen molar-refractivity contribution >= 4 is 11.6 Å². The largest absolute Gasteiger partial charge is 0.399 e. The minimum absolute atomic E-state index is 0.105. The molecule has 0 radical (unpaired) electrons. The van der Waals surface area contributed by atoms with E-state index in [1.807, 2.05) is 24.3 Å². The number of rotatable bonds is 6. The van der Waals surface area contributed by atoms with E-state index in [-0.39, 0.29) is 5.91 Å². The van der Waals surface area contributed by atoms with Crippen LogP contribution in [0.3, 0.4) is 0 Å². The second-order valence-corrected chi connectivity index (χ2v) is 4.52. The zero-order valence-corrected chi connectivity index (χ0v) is 10.7. The highest BCUT2D eigenvalue weighted by molar-refractivity contribution is 5.76. The highest BCUT2D eigenvalue weighted by Gasteiger charge is 2.05. The Labute approximate surface area is 103 Å². The standard InChI is InChI=1S/C14H22N2O/c1-3-11(2)10-16-14(17)9-8-12-6-4-5-7-13(12)15/h4-7,11H,3,8-10,15H2,1-2H3,(H,16,17). The molecule has 1 unspecified atom stereocenters. The van der Waals surface area contributed by atoms with E-state index in [2.05, 4.69) is 19.2 Å². The molecule has 1 aromatic carbocycles. The maximum absolute atomic E-state index is 11.6. The van der Waals surface area contributed by atoms with Gasteiger partial charge in [-0.05, 0) is 24.0 Å². The van der Waals surface area contributed by atoms with E-state index in [1.54, 1.807) is 0 Å². The Balaban J connectivity index is 2.31. The molecule has 1 atom stereocenters. The number of amides is 1. The third kappa shape index (κ3) is 4.89. The average molecular weight is 234 g/mol. The maximum Gasteiger partial charge on any atom is 0.220 e. The Morgan fingerprint density at radius 2 is 2.12 bits per heavy atom. The molecule has 0 spiro atoms. The van der Waals surface area contributed by atoms with Crippen molar-refractivity contribution < 1.29 is 4.79 Å². The van der Waals surface area contributed by atoms with Gasteiger partial charge in [0.1, 0.15) is 0 Å². The second-order valence-electron chi connectivity index (χ2n) is 4.52. The van der Waals surface area contributed by atoms with Crippen molar-refractivity contribution in [2.45, 2.75) is 33.1 Å². The predicted octanol–water partition coefficient (Wildman–Crippen LogP) is 2.36. The van der Waals surface area contributed by atoms with Crippen LogP contribution in [0.1, 0.15) is 32.3 Å². The van der Waals surface area contributed by atoms with Gasteiger partial charge in [0.2, 0.25) is 5.91 Å². The topological polar surface area (TPSA) is 55.1 Å². The van der Waals surface area contributed by atoms with Gasteiger partial charge >= 0.3 is 0 Å². The van der Waals surface area contributed by atoms with Crippen molar-refractivity contribution in [2.75, 3.05) is 12.3 Å². The zero-order valence-electron chi connectivity index (χ0n) is 10.7. The van der Waals surface area contributed by atoms with Crippen LogP contribution in [-0.4, -0.2) is 12.5 Å². The molecule has 0 bridgehead atoms. The van der Waals surface area contributed by atoms with Crippen LogP contribution in [0.15, 0.2) is 24.3 Å². The molecule has 0 heterocycles. The van der Waals surface area contributed by atoms with Crippen molar-refractivity contribution in [3.05, 3.63) is 29.8 Å². The summed E-state index contributed by atoms with van der Waals surface area (Å²) in [7, 11) is 0. The molecule has 3 N–H and O–H groups in total. The highest BCUT2D eigenvalue weighted by Crippen LogP contribution is 2.12. The predicted molar refractivity (Wildman–Crippen MR) is 71.6 cm³/mol. The zero-order chi connectivity index (χ0) is 12.7. The van der Waals surface area contributed by atoms with Gasteiger partial charge in [-0.15, -0.1) is 0 Å². The second kappa shape index (κ2) is 6.94. The Kier molecular flexibility index (Phi) is 5.53. The molecule has 94 valence electrons. The lowest BCUT2D eigenvalue weighted by molar-refractivity contribution is -0.121. The number of para-hydroxylation sites is 1. The number of benzene rings is 1. The van der Waals surface area contributed by atoms with Crippen LogP contribution in [-0.2, 0) is 11.2 Å². The van der Waals surface area contributed by atoms with Gasteiger partial charge < -0.3 is 11.1 Å². The fourth-order valence-corrected chi connectivity index (χ4v) is 1.53. The summed E-state index contributed by atoms with van der Waals surface area (Å²) in [4.78, 5) is 11.6. The van der Waals surface area contributed by atoms with Gasteiger partial charge in [0.05, 0.1) is 0 Å². The number of hydrogen-bond donors (Lipinski definition) is 2. The van der Waals surface area contributed by atoms with Gasteiger partial charge in [0, 0.05) is 18.7 Å². The maximum atomic E-state index is 11.6. The van der Waals surface area contributed by atoms with Gasteiger partial charge in [-0.3, -0.25) is 4.79 Å². The number of carbonyl (C=O) groups excluding carboxylic acids is 1. The summed E-state index contributed by atoms with van der Waals surface area (Å²) in [6.45, 7) is 5.02. The lowest BCUT2D eigenvalue weighted by atomic mass is 10.1. The number of carbonyl (C=O) groups is 1. The molecule has 3 heteroatoms. The van der Waals surface area contributed by atoms with Gasteiger partial charge in [-0.1, -0.05) is 38.5 Å². The normalized spacial score (nSPS) is 12.1. The number of nitrogen functional groups attached to an aromatic ring is 1. The molecular weight excluding hydrogens is 212 g/mol. The molecule has 3 nitrogen and oxygen atoms in total. The Hall–Kier alpha value is -1.51. The van der Waals surface area contributed by atoms with Gasteiger partial charge in [-0.2, -0.15) is 0 Å². The lowest BCUT2D eigenvalue weighted by Crippen LogP contribution is -2.28. The van der Waals surface area contributed by atoms with E-state index in [4.69, 9.17) is 5.73 Å². The van der Waals surface area contributed by atoms with Gasteiger partial charge in [0.15, 0.2) is 0 Å². The van der Waals surface area contributed by atoms with Crippen molar-refractivity contribution in [2.24, 2.45) is 5.92 Å². The number of nitrogens with one attached hydrogen (secondary N) is 1. The van der Waals surface area contributed by atoms with E-state index < -0.39 is 0 Å². The van der Waals surface area contributed by atoms with Crippen molar-refractivity contribution in [1.82, 2.24) is 5.32 Å². The van der Waals surface area contributed by atoms with Crippen LogP contribution < -0.4 is 11.1 Å². The Morgan fingerprint density at radius 1 is 1.41 bits per heavy atom. The molecule has 1 rings (SSSR count). The van der Waals surface area contributed by atoms with Crippen LogP contribution in [0, 0.1) is 5.92 Å². The van der Waals surface area contributed by atoms with Crippen LogP contribution >= 0.6 is 0 Å². The molecule has 1 amide bonds. The average Bonchev–Trinajstić information content (AvgIpc) is 2.35. The lowest BCUT2D eigenvalue weighted by Gasteiger charge is -2.10. The summed E-state index contributed by atoms with van der Waals surface area (Å²) in [6, 6.07) is 7.69. The first-order chi connectivity index (χ1) is 8.13. The smallest absolute Gasteiger partial charge is 0.220 e. The first-order valence-corrected chi connectivity index (χ1v) is 6.23. The summed E-state index contributed by atoms with van der Waals surface area (Å²) in [5.74, 6) is 0.647. The third-order valence-corrected chi connectivity index (χ3v) is 3.02. The summed E-state index contributed by atoms with van der Waals surface area (Å²) >= 11 is 0. The highest BCUT2D eigenvalue weighted by atomic mass is 16.1. The molecule has 0 aromatic heterocycles. The minimum atomic E-state index is 0.105. The number of anilines is 1. The minimum Gasteiger partial charge on any atom is -0.399 e. The molecule has 0 aliphatic heterocycles.